The number of methoxy groups -OCH3 is 1. The summed E-state index contributed by atoms with van der Waals surface area (Å²) in [6.07, 6.45) is 2.61. The van der Waals surface area contributed by atoms with Crippen molar-refractivity contribution in [2.45, 2.75) is 32.4 Å². The Kier molecular flexibility index (Phi) is 4.84. The maximum Gasteiger partial charge on any atom is 0.123 e. The molecule has 0 heterocycles. The average molecular weight is 259 g/mol. The van der Waals surface area contributed by atoms with E-state index in [2.05, 4.69) is 29.7 Å². The highest BCUT2D eigenvalue weighted by atomic mass is 16.5. The van der Waals surface area contributed by atoms with Crippen LogP contribution in [0.4, 0.5) is 0 Å². The van der Waals surface area contributed by atoms with Crippen LogP contribution < -0.4 is 4.74 Å². The zero-order chi connectivity index (χ0) is 13.7. The lowest BCUT2D eigenvalue weighted by Crippen LogP contribution is -2.25. The lowest BCUT2D eigenvalue weighted by Gasteiger charge is -2.21. The van der Waals surface area contributed by atoms with E-state index in [0.29, 0.717) is 0 Å². The molecule has 1 aliphatic carbocycles. The van der Waals surface area contributed by atoms with E-state index in [-0.39, 0.29) is 6.61 Å². The van der Waals surface area contributed by atoms with Gasteiger partial charge in [-0.15, -0.1) is 0 Å². The van der Waals surface area contributed by atoms with Crippen molar-refractivity contribution in [2.24, 2.45) is 0 Å². The zero-order valence-corrected chi connectivity index (χ0v) is 11.6. The van der Waals surface area contributed by atoms with Crippen LogP contribution in [0.25, 0.3) is 0 Å². The van der Waals surface area contributed by atoms with Gasteiger partial charge in [-0.2, -0.15) is 0 Å². The summed E-state index contributed by atoms with van der Waals surface area (Å²) in [7, 11) is 1.70. The second-order valence-corrected chi connectivity index (χ2v) is 4.78. The highest BCUT2D eigenvalue weighted by Crippen LogP contribution is 2.30. The monoisotopic (exact) mass is 259 g/mol. The average Bonchev–Trinajstić information content (AvgIpc) is 3.27. The van der Waals surface area contributed by atoms with E-state index in [1.165, 1.54) is 18.4 Å². The number of hydrogen-bond acceptors (Lipinski definition) is 3. The molecule has 1 fully saturated rings. The topological polar surface area (TPSA) is 32.7 Å². The Morgan fingerprint density at radius 3 is 2.79 bits per heavy atom. The molecule has 0 radical (unpaired) electrons. The van der Waals surface area contributed by atoms with Crippen LogP contribution in [0.5, 0.6) is 5.75 Å². The number of ether oxygens (including phenoxy) is 1. The van der Waals surface area contributed by atoms with Crippen LogP contribution in [0.2, 0.25) is 0 Å². The maximum absolute atomic E-state index is 8.76. The minimum absolute atomic E-state index is 0.107. The summed E-state index contributed by atoms with van der Waals surface area (Å²) in [6, 6.07) is 6.68. The van der Waals surface area contributed by atoms with Crippen molar-refractivity contribution in [1.29, 1.82) is 0 Å². The lowest BCUT2D eigenvalue weighted by molar-refractivity contribution is 0.264. The van der Waals surface area contributed by atoms with E-state index in [9.17, 15) is 0 Å². The number of rotatable bonds is 5. The molecule has 3 heteroatoms. The lowest BCUT2D eigenvalue weighted by atomic mass is 10.1. The van der Waals surface area contributed by atoms with Crippen molar-refractivity contribution >= 4 is 0 Å². The van der Waals surface area contributed by atoms with Crippen molar-refractivity contribution in [1.82, 2.24) is 4.90 Å². The summed E-state index contributed by atoms with van der Waals surface area (Å²) in [4.78, 5) is 2.47. The van der Waals surface area contributed by atoms with Gasteiger partial charge in [0.25, 0.3) is 0 Å². The van der Waals surface area contributed by atoms with Crippen LogP contribution >= 0.6 is 0 Å². The summed E-state index contributed by atoms with van der Waals surface area (Å²) in [5.74, 6) is 6.54. The van der Waals surface area contributed by atoms with Gasteiger partial charge in [0, 0.05) is 23.7 Å². The number of nitrogens with zero attached hydrogens (tertiary/aromatic N) is 1. The first-order valence-corrected chi connectivity index (χ1v) is 6.79. The highest BCUT2D eigenvalue weighted by Gasteiger charge is 2.28. The SMILES string of the molecule is CCN(Cc1cc(C#CCO)ccc1OC)C1CC1. The van der Waals surface area contributed by atoms with Crippen molar-refractivity contribution in [3.8, 4) is 17.6 Å². The molecule has 0 amide bonds. The Labute approximate surface area is 115 Å². The van der Waals surface area contributed by atoms with E-state index in [1.54, 1.807) is 7.11 Å². The summed E-state index contributed by atoms with van der Waals surface area (Å²) < 4.78 is 5.43. The minimum Gasteiger partial charge on any atom is -0.496 e. The maximum atomic E-state index is 8.76. The Morgan fingerprint density at radius 2 is 2.21 bits per heavy atom. The van der Waals surface area contributed by atoms with Gasteiger partial charge in [-0.05, 0) is 37.6 Å². The predicted octanol–water partition coefficient (Wildman–Crippen LogP) is 2.02. The minimum atomic E-state index is -0.107. The highest BCUT2D eigenvalue weighted by molar-refractivity contribution is 5.44. The van der Waals surface area contributed by atoms with Crippen LogP contribution in [0, 0.1) is 11.8 Å². The van der Waals surface area contributed by atoms with E-state index < -0.39 is 0 Å². The molecule has 19 heavy (non-hydrogen) atoms. The van der Waals surface area contributed by atoms with Gasteiger partial charge >= 0.3 is 0 Å². The molecule has 1 aromatic rings. The zero-order valence-electron chi connectivity index (χ0n) is 11.6. The van der Waals surface area contributed by atoms with E-state index >= 15 is 0 Å². The van der Waals surface area contributed by atoms with Crippen molar-refractivity contribution in [2.75, 3.05) is 20.3 Å². The van der Waals surface area contributed by atoms with Crippen molar-refractivity contribution in [3.05, 3.63) is 29.3 Å². The molecule has 1 aliphatic rings. The summed E-state index contributed by atoms with van der Waals surface area (Å²) in [6.45, 7) is 4.05. The smallest absolute Gasteiger partial charge is 0.123 e. The largest absolute Gasteiger partial charge is 0.496 e. The molecule has 0 spiro atoms. The third kappa shape index (κ3) is 3.73. The number of aliphatic hydroxyl groups is 1. The van der Waals surface area contributed by atoms with Gasteiger partial charge in [-0.3, -0.25) is 4.90 Å². The van der Waals surface area contributed by atoms with Crippen molar-refractivity contribution < 1.29 is 9.84 Å². The Morgan fingerprint density at radius 1 is 1.42 bits per heavy atom. The molecule has 0 aliphatic heterocycles. The van der Waals surface area contributed by atoms with Gasteiger partial charge < -0.3 is 9.84 Å². The summed E-state index contributed by atoms with van der Waals surface area (Å²) >= 11 is 0. The molecule has 3 nitrogen and oxygen atoms in total. The molecule has 0 aromatic heterocycles. The summed E-state index contributed by atoms with van der Waals surface area (Å²) in [5.41, 5.74) is 2.10. The molecular weight excluding hydrogens is 238 g/mol. The quantitative estimate of drug-likeness (QED) is 0.821. The molecule has 2 rings (SSSR count). The van der Waals surface area contributed by atoms with Crippen LogP contribution in [0.3, 0.4) is 0 Å². The second-order valence-electron chi connectivity index (χ2n) is 4.78. The Bertz CT molecular complexity index is 483. The van der Waals surface area contributed by atoms with Crippen molar-refractivity contribution in [3.63, 3.8) is 0 Å². The van der Waals surface area contributed by atoms with Crippen LogP contribution in [0.15, 0.2) is 18.2 Å². The predicted molar refractivity (Wildman–Crippen MR) is 76.1 cm³/mol. The van der Waals surface area contributed by atoms with Crippen LogP contribution in [-0.2, 0) is 6.54 Å². The third-order valence-corrected chi connectivity index (χ3v) is 3.44. The normalized spacial score (nSPS) is 14.1. The fourth-order valence-corrected chi connectivity index (χ4v) is 2.28. The van der Waals surface area contributed by atoms with E-state index in [4.69, 9.17) is 9.84 Å². The molecule has 0 atom stereocenters. The van der Waals surface area contributed by atoms with Gasteiger partial charge in [-0.1, -0.05) is 18.8 Å². The van der Waals surface area contributed by atoms with Gasteiger partial charge in [0.1, 0.15) is 12.4 Å². The first kappa shape index (κ1) is 13.9. The summed E-state index contributed by atoms with van der Waals surface area (Å²) in [5, 5.41) is 8.76. The molecule has 1 saturated carbocycles. The van der Waals surface area contributed by atoms with Gasteiger partial charge in [0.05, 0.1) is 7.11 Å². The molecule has 0 bridgehead atoms. The molecule has 0 saturated heterocycles. The van der Waals surface area contributed by atoms with Crippen LogP contribution in [0.1, 0.15) is 30.9 Å². The Hall–Kier alpha value is -1.50. The van der Waals surface area contributed by atoms with Gasteiger partial charge in [-0.25, -0.2) is 0 Å². The van der Waals surface area contributed by atoms with E-state index in [1.807, 2.05) is 12.1 Å². The Balaban J connectivity index is 2.19. The number of hydrogen-bond donors (Lipinski definition) is 1. The molecule has 1 N–H and O–H groups in total. The first-order chi connectivity index (χ1) is 9.28. The standard InChI is InChI=1S/C16H21NO2/c1-3-17(15-7-8-15)12-14-11-13(5-4-10-18)6-9-16(14)19-2/h6,9,11,15,18H,3,7-8,10,12H2,1-2H3. The molecule has 1 aromatic carbocycles. The fraction of sp³-hybridized carbons (Fsp3) is 0.500. The first-order valence-electron chi connectivity index (χ1n) is 6.79. The molecule has 102 valence electrons. The fourth-order valence-electron chi connectivity index (χ4n) is 2.28. The van der Waals surface area contributed by atoms with E-state index in [0.717, 1.165) is 30.4 Å². The third-order valence-electron chi connectivity index (χ3n) is 3.44. The number of benzene rings is 1. The molecular formula is C16H21NO2. The van der Waals surface area contributed by atoms with Crippen LogP contribution in [-0.4, -0.2) is 36.3 Å². The number of aliphatic hydroxyl groups excluding tert-OH is 1. The van der Waals surface area contributed by atoms with Gasteiger partial charge in [0.2, 0.25) is 0 Å². The van der Waals surface area contributed by atoms with Gasteiger partial charge in [0.15, 0.2) is 0 Å². The molecule has 0 unspecified atom stereocenters. The second kappa shape index (κ2) is 6.60.